The molecule has 7 nitrogen and oxygen atoms in total. The summed E-state index contributed by atoms with van der Waals surface area (Å²) in [5.41, 5.74) is 2.95. The average molecular weight is 452 g/mol. The number of anilines is 2. The van der Waals surface area contributed by atoms with E-state index < -0.39 is 6.04 Å². The van der Waals surface area contributed by atoms with Crippen LogP contribution in [0.1, 0.15) is 60.3 Å². The lowest BCUT2D eigenvalue weighted by atomic mass is 9.72. The highest BCUT2D eigenvalue weighted by Crippen LogP contribution is 2.40. The van der Waals surface area contributed by atoms with Crippen molar-refractivity contribution in [2.75, 3.05) is 10.6 Å². The molecule has 2 amide bonds. The number of amides is 2. The predicted octanol–water partition coefficient (Wildman–Crippen LogP) is 4.94. The maximum absolute atomic E-state index is 12.8. The van der Waals surface area contributed by atoms with Crippen molar-refractivity contribution in [3.8, 4) is 0 Å². The van der Waals surface area contributed by atoms with Crippen LogP contribution in [-0.4, -0.2) is 26.6 Å². The molecular formula is C24H29N5O2S. The van der Waals surface area contributed by atoms with Gasteiger partial charge in [0.15, 0.2) is 0 Å². The van der Waals surface area contributed by atoms with Crippen molar-refractivity contribution in [1.82, 2.24) is 14.8 Å². The smallest absolute Gasteiger partial charge is 0.265 e. The van der Waals surface area contributed by atoms with E-state index >= 15 is 0 Å². The Morgan fingerprint density at radius 1 is 1.16 bits per heavy atom. The van der Waals surface area contributed by atoms with Gasteiger partial charge in [0.25, 0.3) is 5.91 Å². The van der Waals surface area contributed by atoms with Gasteiger partial charge in [-0.3, -0.25) is 9.59 Å². The molecule has 0 radical (unpaired) electrons. The third kappa shape index (κ3) is 4.91. The van der Waals surface area contributed by atoms with E-state index in [-0.39, 0.29) is 17.2 Å². The van der Waals surface area contributed by atoms with Crippen LogP contribution in [0.25, 0.3) is 0 Å². The van der Waals surface area contributed by atoms with Crippen molar-refractivity contribution >= 4 is 34.5 Å². The number of rotatable bonds is 5. The van der Waals surface area contributed by atoms with Crippen LogP contribution in [0.15, 0.2) is 43.0 Å². The Labute approximate surface area is 192 Å². The molecule has 2 N–H and O–H groups in total. The summed E-state index contributed by atoms with van der Waals surface area (Å²) in [5, 5.41) is 9.82. The highest BCUT2D eigenvalue weighted by Gasteiger charge is 2.30. The molecule has 2 aromatic heterocycles. The number of fused-ring (bicyclic) bond motifs is 1. The van der Waals surface area contributed by atoms with Crippen LogP contribution in [0.3, 0.4) is 0 Å². The number of carbonyl (C=O) groups is 2. The number of nitrogens with zero attached hydrogens (tertiary/aromatic N) is 3. The van der Waals surface area contributed by atoms with E-state index in [1.165, 1.54) is 34.2 Å². The number of hydrogen-bond acceptors (Lipinski definition) is 5. The summed E-state index contributed by atoms with van der Waals surface area (Å²) in [6, 6.07) is 8.71. The summed E-state index contributed by atoms with van der Waals surface area (Å²) in [7, 11) is 0. The SMILES string of the molecule is CC(C(=O)Nc1ccc(NC(=O)c2cc3c(s2)CCC(C(C)(C)C)C3)cc1)n1cncn1. The molecule has 0 fully saturated rings. The molecule has 0 aliphatic heterocycles. The zero-order chi connectivity index (χ0) is 22.9. The minimum atomic E-state index is -0.473. The molecule has 8 heteroatoms. The molecule has 2 heterocycles. The predicted molar refractivity (Wildman–Crippen MR) is 127 cm³/mol. The van der Waals surface area contributed by atoms with E-state index in [0.717, 1.165) is 17.7 Å². The molecule has 3 aromatic rings. The lowest BCUT2D eigenvalue weighted by Crippen LogP contribution is -2.26. The monoisotopic (exact) mass is 451 g/mol. The minimum Gasteiger partial charge on any atom is -0.324 e. The second kappa shape index (κ2) is 8.86. The zero-order valence-corrected chi connectivity index (χ0v) is 19.7. The fraction of sp³-hybridized carbons (Fsp3) is 0.417. The molecule has 2 atom stereocenters. The molecule has 0 bridgehead atoms. The summed E-state index contributed by atoms with van der Waals surface area (Å²) in [4.78, 5) is 31.1. The molecule has 1 aromatic carbocycles. The number of hydrogen-bond donors (Lipinski definition) is 2. The first-order valence-electron chi connectivity index (χ1n) is 10.9. The van der Waals surface area contributed by atoms with Crippen molar-refractivity contribution in [2.45, 2.75) is 53.0 Å². The summed E-state index contributed by atoms with van der Waals surface area (Å²) in [6.45, 7) is 8.64. The van der Waals surface area contributed by atoms with Gasteiger partial charge in [0.2, 0.25) is 5.91 Å². The van der Waals surface area contributed by atoms with Crippen LogP contribution in [0.4, 0.5) is 11.4 Å². The van der Waals surface area contributed by atoms with E-state index in [1.807, 2.05) is 0 Å². The Hall–Kier alpha value is -3.00. The van der Waals surface area contributed by atoms with E-state index in [9.17, 15) is 9.59 Å². The topological polar surface area (TPSA) is 88.9 Å². The quantitative estimate of drug-likeness (QED) is 0.575. The molecule has 0 saturated carbocycles. The summed E-state index contributed by atoms with van der Waals surface area (Å²) in [6.07, 6.45) is 6.18. The summed E-state index contributed by atoms with van der Waals surface area (Å²) < 4.78 is 1.49. The first kappa shape index (κ1) is 22.2. The van der Waals surface area contributed by atoms with Crippen LogP contribution < -0.4 is 10.6 Å². The molecule has 4 rings (SSSR count). The Morgan fingerprint density at radius 2 is 1.84 bits per heavy atom. The van der Waals surface area contributed by atoms with Gasteiger partial charge < -0.3 is 10.6 Å². The molecule has 32 heavy (non-hydrogen) atoms. The molecule has 1 aliphatic carbocycles. The van der Waals surface area contributed by atoms with Gasteiger partial charge >= 0.3 is 0 Å². The second-order valence-corrected chi connectivity index (χ2v) is 10.6. The van der Waals surface area contributed by atoms with Crippen molar-refractivity contribution in [3.63, 3.8) is 0 Å². The van der Waals surface area contributed by atoms with Crippen LogP contribution >= 0.6 is 11.3 Å². The van der Waals surface area contributed by atoms with Crippen molar-refractivity contribution < 1.29 is 9.59 Å². The van der Waals surface area contributed by atoms with E-state index in [2.05, 4.69) is 47.6 Å². The lowest BCUT2D eigenvalue weighted by molar-refractivity contribution is -0.119. The van der Waals surface area contributed by atoms with Crippen LogP contribution in [0, 0.1) is 11.3 Å². The fourth-order valence-electron chi connectivity index (χ4n) is 3.99. The number of benzene rings is 1. The number of aryl methyl sites for hydroxylation is 1. The molecular weight excluding hydrogens is 422 g/mol. The normalized spacial score (nSPS) is 16.8. The number of aromatic nitrogens is 3. The first-order chi connectivity index (χ1) is 15.2. The van der Waals surface area contributed by atoms with E-state index in [4.69, 9.17) is 0 Å². The Morgan fingerprint density at radius 3 is 2.47 bits per heavy atom. The average Bonchev–Trinajstić information content (AvgIpc) is 3.43. The van der Waals surface area contributed by atoms with Gasteiger partial charge in [-0.05, 0) is 73.4 Å². The lowest BCUT2D eigenvalue weighted by Gasteiger charge is -2.33. The van der Waals surface area contributed by atoms with Gasteiger partial charge in [0, 0.05) is 16.3 Å². The van der Waals surface area contributed by atoms with Crippen LogP contribution in [0.5, 0.6) is 0 Å². The van der Waals surface area contributed by atoms with Gasteiger partial charge in [-0.15, -0.1) is 11.3 Å². The molecule has 168 valence electrons. The van der Waals surface area contributed by atoms with Gasteiger partial charge in [-0.25, -0.2) is 9.67 Å². The van der Waals surface area contributed by atoms with Gasteiger partial charge in [0.1, 0.15) is 18.7 Å². The van der Waals surface area contributed by atoms with Crippen LogP contribution in [0.2, 0.25) is 0 Å². The van der Waals surface area contributed by atoms with Gasteiger partial charge in [-0.2, -0.15) is 5.10 Å². The first-order valence-corrected chi connectivity index (χ1v) is 11.7. The van der Waals surface area contributed by atoms with Gasteiger partial charge in [-0.1, -0.05) is 20.8 Å². The van der Waals surface area contributed by atoms with Crippen LogP contribution in [-0.2, 0) is 17.6 Å². The Kier molecular flexibility index (Phi) is 6.15. The third-order valence-electron chi connectivity index (χ3n) is 6.15. The molecule has 1 aliphatic rings. The Balaban J connectivity index is 1.36. The maximum atomic E-state index is 12.8. The fourth-order valence-corrected chi connectivity index (χ4v) is 5.09. The standard InChI is InChI=1S/C24H29N5O2S/c1-15(29-14-25-13-26-29)22(30)27-18-6-8-19(9-7-18)28-23(31)21-12-16-11-17(24(2,3)4)5-10-20(16)32-21/h6-9,12-15,17H,5,10-11H2,1-4H3,(H,27,30)(H,28,31). The molecule has 0 saturated heterocycles. The van der Waals surface area contributed by atoms with Crippen molar-refractivity contribution in [1.29, 1.82) is 0 Å². The van der Waals surface area contributed by atoms with E-state index in [0.29, 0.717) is 17.3 Å². The number of thiophene rings is 1. The molecule has 2 unspecified atom stereocenters. The van der Waals surface area contributed by atoms with Crippen molar-refractivity contribution in [2.24, 2.45) is 11.3 Å². The summed E-state index contributed by atoms with van der Waals surface area (Å²) in [5.74, 6) is 0.369. The minimum absolute atomic E-state index is 0.0895. The highest BCUT2D eigenvalue weighted by atomic mass is 32.1. The third-order valence-corrected chi connectivity index (χ3v) is 7.39. The number of nitrogens with one attached hydrogen (secondary N) is 2. The largest absolute Gasteiger partial charge is 0.324 e. The molecule has 0 spiro atoms. The van der Waals surface area contributed by atoms with E-state index in [1.54, 1.807) is 42.5 Å². The number of carbonyl (C=O) groups excluding carboxylic acids is 2. The zero-order valence-electron chi connectivity index (χ0n) is 18.9. The highest BCUT2D eigenvalue weighted by molar-refractivity contribution is 7.14. The maximum Gasteiger partial charge on any atom is 0.265 e. The Bertz CT molecular complexity index is 1100. The van der Waals surface area contributed by atoms with Crippen molar-refractivity contribution in [3.05, 3.63) is 58.3 Å². The van der Waals surface area contributed by atoms with Gasteiger partial charge in [0.05, 0.1) is 4.88 Å². The second-order valence-electron chi connectivity index (χ2n) is 9.44. The summed E-state index contributed by atoms with van der Waals surface area (Å²) >= 11 is 1.61.